The predicted molar refractivity (Wildman–Crippen MR) is 124 cm³/mol. The highest BCUT2D eigenvalue weighted by molar-refractivity contribution is 9.12. The number of carbonyl (C=O) groups is 3. The number of rotatable bonds is 4. The monoisotopic (exact) mass is 532 g/mol. The van der Waals surface area contributed by atoms with E-state index in [9.17, 15) is 14.4 Å². The number of hydrogen-bond acceptors (Lipinski definition) is 3. The maximum absolute atomic E-state index is 13.2. The summed E-state index contributed by atoms with van der Waals surface area (Å²) in [7, 11) is 0. The zero-order chi connectivity index (χ0) is 21.4. The van der Waals surface area contributed by atoms with Crippen molar-refractivity contribution in [1.82, 2.24) is 0 Å². The number of alkyl halides is 2. The van der Waals surface area contributed by atoms with Crippen molar-refractivity contribution in [3.8, 4) is 0 Å². The van der Waals surface area contributed by atoms with Crippen LogP contribution in [0.1, 0.15) is 35.7 Å². The van der Waals surface area contributed by atoms with Crippen LogP contribution in [-0.4, -0.2) is 27.4 Å². The third kappa shape index (κ3) is 3.73. The number of carbonyl (C=O) groups excluding carboxylic acids is 3. The van der Waals surface area contributed by atoms with Gasteiger partial charge in [0.05, 0.1) is 23.1 Å². The first kappa shape index (κ1) is 21.2. The van der Waals surface area contributed by atoms with E-state index in [4.69, 9.17) is 0 Å². The van der Waals surface area contributed by atoms with Crippen LogP contribution >= 0.6 is 31.9 Å². The number of amides is 3. The molecular weight excluding hydrogens is 512 g/mol. The lowest BCUT2D eigenvalue weighted by Gasteiger charge is -2.29. The number of aryl methyl sites for hydroxylation is 1. The molecule has 0 radical (unpaired) electrons. The lowest BCUT2D eigenvalue weighted by atomic mass is 9.81. The molecule has 2 fully saturated rings. The Morgan fingerprint density at radius 2 is 1.53 bits per heavy atom. The fourth-order valence-electron chi connectivity index (χ4n) is 4.33. The molecule has 30 heavy (non-hydrogen) atoms. The second kappa shape index (κ2) is 8.63. The molecule has 156 valence electrons. The van der Waals surface area contributed by atoms with Gasteiger partial charge in [0.15, 0.2) is 0 Å². The number of nitrogens with zero attached hydrogens (tertiary/aromatic N) is 1. The van der Waals surface area contributed by atoms with E-state index in [0.717, 1.165) is 17.7 Å². The molecule has 1 aliphatic heterocycles. The molecule has 0 spiro atoms. The van der Waals surface area contributed by atoms with Crippen LogP contribution in [0.3, 0.4) is 0 Å². The number of imide groups is 1. The van der Waals surface area contributed by atoms with Crippen molar-refractivity contribution < 1.29 is 14.4 Å². The molecule has 2 aromatic rings. The van der Waals surface area contributed by atoms with Crippen LogP contribution in [0.4, 0.5) is 11.4 Å². The number of nitrogens with one attached hydrogen (secondary N) is 1. The average molecular weight is 534 g/mol. The van der Waals surface area contributed by atoms with E-state index >= 15 is 0 Å². The van der Waals surface area contributed by atoms with Gasteiger partial charge in [0, 0.05) is 15.3 Å². The van der Waals surface area contributed by atoms with E-state index in [1.54, 1.807) is 24.3 Å². The molecule has 0 unspecified atom stereocenters. The van der Waals surface area contributed by atoms with Gasteiger partial charge in [-0.3, -0.25) is 14.4 Å². The van der Waals surface area contributed by atoms with E-state index in [1.165, 1.54) is 4.90 Å². The van der Waals surface area contributed by atoms with Crippen LogP contribution in [0.2, 0.25) is 0 Å². The van der Waals surface area contributed by atoms with Crippen molar-refractivity contribution in [3.63, 3.8) is 0 Å². The Labute approximate surface area is 192 Å². The van der Waals surface area contributed by atoms with E-state index in [1.807, 2.05) is 31.2 Å². The highest BCUT2D eigenvalue weighted by atomic mass is 79.9. The zero-order valence-corrected chi connectivity index (χ0v) is 19.6. The summed E-state index contributed by atoms with van der Waals surface area (Å²) in [5, 5.41) is 2.94. The molecule has 5 nitrogen and oxygen atoms in total. The fraction of sp³-hybridized carbons (Fsp3) is 0.348. The van der Waals surface area contributed by atoms with Gasteiger partial charge in [-0.05, 0) is 43.0 Å². The number of benzene rings is 2. The minimum Gasteiger partial charge on any atom is -0.322 e. The lowest BCUT2D eigenvalue weighted by Crippen LogP contribution is -2.34. The first-order valence-electron chi connectivity index (χ1n) is 10.1. The molecule has 2 aliphatic rings. The molecule has 4 rings (SSSR count). The predicted octanol–water partition coefficient (Wildman–Crippen LogP) is 4.93. The number of hydrogen-bond donors (Lipinski definition) is 1. The number of para-hydroxylation sites is 2. The summed E-state index contributed by atoms with van der Waals surface area (Å²) >= 11 is 7.22. The van der Waals surface area contributed by atoms with Crippen LogP contribution in [-0.2, 0) is 16.0 Å². The molecular formula is C23H22Br2N2O3. The molecule has 1 heterocycles. The van der Waals surface area contributed by atoms with Crippen LogP contribution < -0.4 is 10.2 Å². The van der Waals surface area contributed by atoms with Gasteiger partial charge in [-0.2, -0.15) is 0 Å². The topological polar surface area (TPSA) is 66.5 Å². The molecule has 2 aromatic carbocycles. The summed E-state index contributed by atoms with van der Waals surface area (Å²) in [5.74, 6) is -1.48. The third-order valence-corrected chi connectivity index (χ3v) is 8.68. The highest BCUT2D eigenvalue weighted by Gasteiger charge is 2.52. The second-order valence-electron chi connectivity index (χ2n) is 7.71. The van der Waals surface area contributed by atoms with Crippen molar-refractivity contribution in [2.45, 2.75) is 35.8 Å². The normalized spacial score (nSPS) is 25.9. The summed E-state index contributed by atoms with van der Waals surface area (Å²) in [6, 6.07) is 14.4. The van der Waals surface area contributed by atoms with E-state index in [0.29, 0.717) is 24.1 Å². The van der Waals surface area contributed by atoms with E-state index in [-0.39, 0.29) is 39.2 Å². The van der Waals surface area contributed by atoms with Crippen molar-refractivity contribution in [2.24, 2.45) is 11.8 Å². The van der Waals surface area contributed by atoms with Gasteiger partial charge < -0.3 is 5.32 Å². The maximum atomic E-state index is 13.2. The molecule has 3 amide bonds. The summed E-state index contributed by atoms with van der Waals surface area (Å²) in [4.78, 5) is 41.0. The lowest BCUT2D eigenvalue weighted by molar-refractivity contribution is -0.122. The quantitative estimate of drug-likeness (QED) is 0.447. The maximum Gasteiger partial charge on any atom is 0.257 e. The van der Waals surface area contributed by atoms with Crippen LogP contribution in [0.15, 0.2) is 48.5 Å². The van der Waals surface area contributed by atoms with Gasteiger partial charge in [-0.1, -0.05) is 69.1 Å². The Morgan fingerprint density at radius 1 is 0.967 bits per heavy atom. The molecule has 1 aliphatic carbocycles. The van der Waals surface area contributed by atoms with Crippen LogP contribution in [0.25, 0.3) is 0 Å². The summed E-state index contributed by atoms with van der Waals surface area (Å²) in [6.45, 7) is 2.02. The van der Waals surface area contributed by atoms with Gasteiger partial charge in [0.25, 0.3) is 5.91 Å². The summed E-state index contributed by atoms with van der Waals surface area (Å²) in [6.07, 6.45) is 1.98. The smallest absolute Gasteiger partial charge is 0.257 e. The largest absolute Gasteiger partial charge is 0.322 e. The van der Waals surface area contributed by atoms with Crippen LogP contribution in [0.5, 0.6) is 0 Å². The highest BCUT2D eigenvalue weighted by Crippen LogP contribution is 2.44. The Kier molecular flexibility index (Phi) is 6.11. The molecule has 1 N–H and O–H groups in total. The number of halogens is 2. The molecule has 7 heteroatoms. The van der Waals surface area contributed by atoms with E-state index < -0.39 is 0 Å². The summed E-state index contributed by atoms with van der Waals surface area (Å²) < 4.78 is 0. The van der Waals surface area contributed by atoms with Crippen LogP contribution in [0, 0.1) is 11.8 Å². The Hall–Kier alpha value is -1.99. The standard InChI is InChI=1S/C23H22Br2N2O3/c1-2-13-7-3-5-9-19(13)26-21(28)14-8-4-6-10-20(14)27-22(29)15-11-17(24)18(25)12-16(15)23(27)30/h3-10,15-18H,2,11-12H2,1H3,(H,26,28)/t15-,16-,17+,18+/m1/s1. The van der Waals surface area contributed by atoms with Gasteiger partial charge in [-0.15, -0.1) is 0 Å². The average Bonchev–Trinajstić information content (AvgIpc) is 2.98. The molecule has 0 aromatic heterocycles. The van der Waals surface area contributed by atoms with E-state index in [2.05, 4.69) is 37.2 Å². The number of anilines is 2. The van der Waals surface area contributed by atoms with Crippen molar-refractivity contribution in [2.75, 3.05) is 10.2 Å². The minimum absolute atomic E-state index is 0.138. The Morgan fingerprint density at radius 3 is 2.17 bits per heavy atom. The van der Waals surface area contributed by atoms with Crippen molar-refractivity contribution >= 4 is 61.0 Å². The van der Waals surface area contributed by atoms with Crippen molar-refractivity contribution in [1.29, 1.82) is 0 Å². The fourth-order valence-corrected chi connectivity index (χ4v) is 5.57. The minimum atomic E-state index is -0.354. The molecule has 1 saturated carbocycles. The molecule has 4 atom stereocenters. The number of fused-ring (bicyclic) bond motifs is 1. The van der Waals surface area contributed by atoms with Gasteiger partial charge in [0.2, 0.25) is 11.8 Å². The molecule has 0 bridgehead atoms. The summed E-state index contributed by atoms with van der Waals surface area (Å²) in [5.41, 5.74) is 2.42. The first-order valence-corrected chi connectivity index (χ1v) is 11.9. The second-order valence-corrected chi connectivity index (χ2v) is 10.1. The van der Waals surface area contributed by atoms with Crippen molar-refractivity contribution in [3.05, 3.63) is 59.7 Å². The SMILES string of the molecule is CCc1ccccc1NC(=O)c1ccccc1N1C(=O)[C@@H]2C[C@H](Br)[C@@H](Br)C[C@H]2C1=O. The Bertz CT molecular complexity index is 981. The third-order valence-electron chi connectivity index (χ3n) is 5.95. The molecule has 1 saturated heterocycles. The van der Waals surface area contributed by atoms with Gasteiger partial charge in [0.1, 0.15) is 0 Å². The Balaban J connectivity index is 1.66. The van der Waals surface area contributed by atoms with Gasteiger partial charge >= 0.3 is 0 Å². The van der Waals surface area contributed by atoms with Gasteiger partial charge in [-0.25, -0.2) is 4.90 Å². The first-order chi connectivity index (χ1) is 14.4. The zero-order valence-electron chi connectivity index (χ0n) is 16.5.